The summed E-state index contributed by atoms with van der Waals surface area (Å²) in [5.41, 5.74) is 14.6. The van der Waals surface area contributed by atoms with E-state index in [0.717, 1.165) is 5.69 Å². The van der Waals surface area contributed by atoms with Crippen molar-refractivity contribution in [2.45, 2.75) is 0 Å². The highest BCUT2D eigenvalue weighted by Gasteiger charge is 2.19. The average Bonchev–Trinajstić information content (AvgIpc) is 3.94. The normalized spacial score (nSPS) is 11.9. The van der Waals surface area contributed by atoms with Gasteiger partial charge in [0.15, 0.2) is 0 Å². The summed E-state index contributed by atoms with van der Waals surface area (Å²) in [7, 11) is 0. The number of hydrogen-bond acceptors (Lipinski definition) is 1. The van der Waals surface area contributed by atoms with Gasteiger partial charge in [0.2, 0.25) is 0 Å². The number of aromatic nitrogens is 2. The molecule has 57 heavy (non-hydrogen) atoms. The predicted octanol–water partition coefficient (Wildman–Crippen LogP) is 15.2. The Bertz CT molecular complexity index is 3490. The lowest BCUT2D eigenvalue weighted by atomic mass is 9.99. The minimum Gasteiger partial charge on any atom is -0.309 e. The van der Waals surface area contributed by atoms with Crippen LogP contribution in [0.25, 0.3) is 109 Å². The van der Waals surface area contributed by atoms with Crippen LogP contribution < -0.4 is 0 Å². The predicted molar refractivity (Wildman–Crippen MR) is 244 cm³/mol. The first-order valence-electron chi connectivity index (χ1n) is 19.5. The Labute approximate surface area is 333 Å². The molecule has 0 fully saturated rings. The fourth-order valence-corrected chi connectivity index (χ4v) is 10.4. The maximum atomic E-state index is 2.48. The molecule has 0 aliphatic heterocycles. The zero-order valence-electron chi connectivity index (χ0n) is 30.9. The maximum Gasteiger partial charge on any atom is 0.0640 e. The molecule has 12 aromatic rings. The zero-order valence-corrected chi connectivity index (χ0v) is 31.7. The lowest BCUT2D eigenvalue weighted by Gasteiger charge is -2.11. The van der Waals surface area contributed by atoms with Crippen LogP contribution in [-0.2, 0) is 0 Å². The first kappa shape index (κ1) is 32.1. The quantitative estimate of drug-likeness (QED) is 0.166. The summed E-state index contributed by atoms with van der Waals surface area (Å²) in [6.07, 6.45) is 0. The third-order valence-electron chi connectivity index (χ3n) is 11.7. The summed E-state index contributed by atoms with van der Waals surface area (Å²) >= 11 is 1.89. The van der Waals surface area contributed by atoms with Gasteiger partial charge in [-0.15, -0.1) is 11.3 Å². The number of para-hydroxylation sites is 2. The van der Waals surface area contributed by atoms with E-state index in [2.05, 4.69) is 215 Å². The van der Waals surface area contributed by atoms with Crippen molar-refractivity contribution in [1.29, 1.82) is 0 Å². The summed E-state index contributed by atoms with van der Waals surface area (Å²) in [4.78, 5) is 0. The molecule has 0 amide bonds. The van der Waals surface area contributed by atoms with Crippen LogP contribution in [0, 0.1) is 0 Å². The molecule has 0 atom stereocenters. The molecule has 3 aromatic heterocycles. The van der Waals surface area contributed by atoms with Gasteiger partial charge in [0.1, 0.15) is 0 Å². The first-order valence-corrected chi connectivity index (χ1v) is 20.3. The van der Waals surface area contributed by atoms with E-state index < -0.39 is 0 Å². The minimum atomic E-state index is 1.16. The fourth-order valence-electron chi connectivity index (χ4n) is 9.14. The smallest absolute Gasteiger partial charge is 0.0640 e. The molecule has 9 aromatic carbocycles. The number of hydrogen-bond donors (Lipinski definition) is 0. The Hall–Kier alpha value is -7.20. The van der Waals surface area contributed by atoms with Crippen LogP contribution >= 0.6 is 11.3 Å². The molecular formula is C54H34N2S. The Kier molecular flexibility index (Phi) is 7.13. The summed E-state index contributed by atoms with van der Waals surface area (Å²) in [6, 6.07) is 75.5. The van der Waals surface area contributed by atoms with E-state index in [1.807, 2.05) is 11.3 Å². The molecule has 3 heteroatoms. The highest BCUT2D eigenvalue weighted by molar-refractivity contribution is 7.26. The molecule has 3 heterocycles. The number of fused-ring (bicyclic) bond motifs is 9. The van der Waals surface area contributed by atoms with E-state index in [9.17, 15) is 0 Å². The van der Waals surface area contributed by atoms with Gasteiger partial charge in [0.05, 0.1) is 32.5 Å². The van der Waals surface area contributed by atoms with Crippen molar-refractivity contribution in [3.63, 3.8) is 0 Å². The third-order valence-corrected chi connectivity index (χ3v) is 12.9. The monoisotopic (exact) mass is 742 g/mol. The molecule has 0 saturated carbocycles. The van der Waals surface area contributed by atoms with Gasteiger partial charge in [-0.05, 0) is 94.0 Å². The molecule has 12 rings (SSSR count). The lowest BCUT2D eigenvalue weighted by molar-refractivity contribution is 1.18. The molecular weight excluding hydrogens is 709 g/mol. The number of nitrogens with zero attached hydrogens (tertiary/aromatic N) is 2. The highest BCUT2D eigenvalue weighted by atomic mass is 32.1. The molecule has 0 spiro atoms. The Morgan fingerprint density at radius 1 is 0.316 bits per heavy atom. The van der Waals surface area contributed by atoms with Crippen molar-refractivity contribution in [1.82, 2.24) is 9.13 Å². The average molecular weight is 743 g/mol. The maximum absolute atomic E-state index is 2.48. The highest BCUT2D eigenvalue weighted by Crippen LogP contribution is 2.45. The van der Waals surface area contributed by atoms with Crippen molar-refractivity contribution in [3.8, 4) is 44.8 Å². The molecule has 0 bridgehead atoms. The zero-order chi connectivity index (χ0) is 37.5. The van der Waals surface area contributed by atoms with Gasteiger partial charge < -0.3 is 9.13 Å². The number of benzene rings is 9. The standard InChI is InChI=1S/C54H34N2S/c1-3-13-35(14-4-1)36-25-29-40(30-26-36)55-47-21-9-7-17-42(47)45-33-38(27-31-49(45)55)39-28-32-50-46(34-39)43-18-8-10-22-48(43)56(50)51-23-11-20-44-53-41(37-15-5-2-6-16-37)19-12-24-52(53)57-54(44)51/h1-34H. The third kappa shape index (κ3) is 4.96. The molecule has 0 radical (unpaired) electrons. The summed E-state index contributed by atoms with van der Waals surface area (Å²) in [6.45, 7) is 0. The van der Waals surface area contributed by atoms with Crippen LogP contribution in [0.15, 0.2) is 206 Å². The Morgan fingerprint density at radius 3 is 1.51 bits per heavy atom. The van der Waals surface area contributed by atoms with E-state index in [0.29, 0.717) is 0 Å². The summed E-state index contributed by atoms with van der Waals surface area (Å²) in [5.74, 6) is 0. The number of rotatable bonds is 5. The fraction of sp³-hybridized carbons (Fsp3) is 0. The van der Waals surface area contributed by atoms with E-state index in [-0.39, 0.29) is 0 Å². The Morgan fingerprint density at radius 2 is 0.825 bits per heavy atom. The van der Waals surface area contributed by atoms with Crippen molar-refractivity contribution in [2.24, 2.45) is 0 Å². The van der Waals surface area contributed by atoms with Gasteiger partial charge >= 0.3 is 0 Å². The summed E-state index contributed by atoms with van der Waals surface area (Å²) in [5, 5.41) is 7.65. The largest absolute Gasteiger partial charge is 0.309 e. The Balaban J connectivity index is 1.01. The van der Waals surface area contributed by atoms with Crippen molar-refractivity contribution < 1.29 is 0 Å². The van der Waals surface area contributed by atoms with Crippen LogP contribution in [0.4, 0.5) is 0 Å². The molecule has 0 unspecified atom stereocenters. The molecule has 0 N–H and O–H groups in total. The van der Waals surface area contributed by atoms with Gasteiger partial charge in [0, 0.05) is 42.7 Å². The van der Waals surface area contributed by atoms with Crippen LogP contribution in [0.5, 0.6) is 0 Å². The van der Waals surface area contributed by atoms with Gasteiger partial charge in [-0.25, -0.2) is 0 Å². The van der Waals surface area contributed by atoms with Crippen molar-refractivity contribution in [2.75, 3.05) is 0 Å². The van der Waals surface area contributed by atoms with Gasteiger partial charge in [-0.3, -0.25) is 0 Å². The topological polar surface area (TPSA) is 9.86 Å². The van der Waals surface area contributed by atoms with Gasteiger partial charge in [0.25, 0.3) is 0 Å². The van der Waals surface area contributed by atoms with Crippen molar-refractivity contribution >= 4 is 75.1 Å². The van der Waals surface area contributed by atoms with Crippen LogP contribution in [-0.4, -0.2) is 9.13 Å². The second-order valence-electron chi connectivity index (χ2n) is 14.9. The van der Waals surface area contributed by atoms with Crippen LogP contribution in [0.3, 0.4) is 0 Å². The van der Waals surface area contributed by atoms with E-state index in [1.54, 1.807) is 0 Å². The first-order chi connectivity index (χ1) is 28.3. The van der Waals surface area contributed by atoms with Gasteiger partial charge in [-0.2, -0.15) is 0 Å². The van der Waals surface area contributed by atoms with E-state index in [4.69, 9.17) is 0 Å². The van der Waals surface area contributed by atoms with Crippen LogP contribution in [0.2, 0.25) is 0 Å². The van der Waals surface area contributed by atoms with Gasteiger partial charge in [-0.1, -0.05) is 146 Å². The molecule has 0 aliphatic carbocycles. The van der Waals surface area contributed by atoms with E-state index in [1.165, 1.54) is 103 Å². The second-order valence-corrected chi connectivity index (χ2v) is 15.9. The lowest BCUT2D eigenvalue weighted by Crippen LogP contribution is -1.94. The molecule has 2 nitrogen and oxygen atoms in total. The van der Waals surface area contributed by atoms with Crippen LogP contribution in [0.1, 0.15) is 0 Å². The number of thiophene rings is 1. The molecule has 0 saturated heterocycles. The summed E-state index contributed by atoms with van der Waals surface area (Å²) < 4.78 is 7.49. The van der Waals surface area contributed by atoms with E-state index >= 15 is 0 Å². The molecule has 266 valence electrons. The SMILES string of the molecule is c1ccc(-c2ccc(-n3c4ccccc4c4cc(-c5ccc6c(c5)c5ccccc5n6-c5cccc6c5sc5cccc(-c7ccccc7)c56)ccc43)cc2)cc1. The minimum absolute atomic E-state index is 1.16. The second kappa shape index (κ2) is 12.7. The van der Waals surface area contributed by atoms with Crippen molar-refractivity contribution in [3.05, 3.63) is 206 Å². The molecule has 0 aliphatic rings.